The molecule has 1 aromatic heterocycles. The summed E-state index contributed by atoms with van der Waals surface area (Å²) in [5, 5.41) is 15.0. The number of H-pyrrole nitrogens is 1. The lowest BCUT2D eigenvalue weighted by Crippen LogP contribution is -2.19. The first-order valence-corrected chi connectivity index (χ1v) is 8.95. The van der Waals surface area contributed by atoms with Crippen LogP contribution in [-0.4, -0.2) is 36.4 Å². The number of benzene rings is 2. The zero-order chi connectivity index (χ0) is 21.5. The SMILES string of the molecule is COc1cc(NC(=O)Nc2cccc(CNc3cn[nH]c3C(N)=O)c2)cc(OC)c1. The normalized spacial score (nSPS) is 10.2. The molecule has 0 radical (unpaired) electrons. The van der Waals surface area contributed by atoms with Crippen LogP contribution in [0.15, 0.2) is 48.7 Å². The van der Waals surface area contributed by atoms with Gasteiger partial charge in [-0.3, -0.25) is 9.89 Å². The zero-order valence-corrected chi connectivity index (χ0v) is 16.5. The fraction of sp³-hybridized carbons (Fsp3) is 0.150. The first-order valence-electron chi connectivity index (χ1n) is 8.95. The molecule has 0 saturated heterocycles. The van der Waals surface area contributed by atoms with E-state index >= 15 is 0 Å². The molecule has 10 heteroatoms. The second-order valence-electron chi connectivity index (χ2n) is 6.26. The average molecular weight is 410 g/mol. The van der Waals surface area contributed by atoms with Crippen molar-refractivity contribution in [2.45, 2.75) is 6.54 Å². The predicted octanol–water partition coefficient (Wildman–Crippen LogP) is 2.78. The van der Waals surface area contributed by atoms with Crippen molar-refractivity contribution < 1.29 is 19.1 Å². The van der Waals surface area contributed by atoms with Gasteiger partial charge >= 0.3 is 6.03 Å². The molecule has 0 atom stereocenters. The average Bonchev–Trinajstić information content (AvgIpc) is 3.21. The minimum atomic E-state index is -0.601. The van der Waals surface area contributed by atoms with Gasteiger partial charge in [-0.15, -0.1) is 0 Å². The number of nitrogens with one attached hydrogen (secondary N) is 4. The summed E-state index contributed by atoms with van der Waals surface area (Å²) in [6, 6.07) is 11.9. The molecule has 0 aliphatic carbocycles. The summed E-state index contributed by atoms with van der Waals surface area (Å²) < 4.78 is 10.4. The summed E-state index contributed by atoms with van der Waals surface area (Å²) in [5.41, 5.74) is 8.01. The Balaban J connectivity index is 1.63. The maximum absolute atomic E-state index is 12.4. The Kier molecular flexibility index (Phi) is 6.38. The molecule has 3 rings (SSSR count). The molecule has 0 aliphatic rings. The fourth-order valence-corrected chi connectivity index (χ4v) is 2.74. The summed E-state index contributed by atoms with van der Waals surface area (Å²) in [5.74, 6) is 0.524. The van der Waals surface area contributed by atoms with Gasteiger partial charge in [0, 0.05) is 36.1 Å². The van der Waals surface area contributed by atoms with Crippen LogP contribution in [0.3, 0.4) is 0 Å². The molecule has 1 heterocycles. The maximum Gasteiger partial charge on any atom is 0.323 e. The third kappa shape index (κ3) is 5.19. The Hall–Kier alpha value is -4.21. The molecule has 0 fully saturated rings. The number of urea groups is 1. The molecule has 0 saturated carbocycles. The smallest absolute Gasteiger partial charge is 0.323 e. The van der Waals surface area contributed by atoms with Crippen molar-refractivity contribution in [3.8, 4) is 11.5 Å². The van der Waals surface area contributed by atoms with E-state index in [2.05, 4.69) is 26.1 Å². The number of rotatable bonds is 8. The Morgan fingerprint density at radius 3 is 2.40 bits per heavy atom. The lowest BCUT2D eigenvalue weighted by Gasteiger charge is -2.12. The van der Waals surface area contributed by atoms with Crippen LogP contribution in [0.5, 0.6) is 11.5 Å². The van der Waals surface area contributed by atoms with E-state index in [1.807, 2.05) is 18.2 Å². The van der Waals surface area contributed by atoms with Gasteiger partial charge in [-0.1, -0.05) is 12.1 Å². The number of carbonyl (C=O) groups excluding carboxylic acids is 2. The van der Waals surface area contributed by atoms with E-state index in [4.69, 9.17) is 15.2 Å². The van der Waals surface area contributed by atoms with Crippen LogP contribution in [0.4, 0.5) is 21.9 Å². The third-order valence-corrected chi connectivity index (χ3v) is 4.16. The van der Waals surface area contributed by atoms with Gasteiger partial charge in [0.2, 0.25) is 0 Å². The Morgan fingerprint density at radius 1 is 1.03 bits per heavy atom. The van der Waals surface area contributed by atoms with Crippen LogP contribution < -0.4 is 31.2 Å². The number of aromatic nitrogens is 2. The lowest BCUT2D eigenvalue weighted by atomic mass is 10.2. The van der Waals surface area contributed by atoms with Crippen molar-refractivity contribution in [2.24, 2.45) is 5.73 Å². The van der Waals surface area contributed by atoms with E-state index in [-0.39, 0.29) is 5.69 Å². The largest absolute Gasteiger partial charge is 0.497 e. The summed E-state index contributed by atoms with van der Waals surface area (Å²) in [4.78, 5) is 23.7. The van der Waals surface area contributed by atoms with E-state index in [1.165, 1.54) is 20.4 Å². The fourth-order valence-electron chi connectivity index (χ4n) is 2.74. The van der Waals surface area contributed by atoms with Gasteiger partial charge in [-0.05, 0) is 17.7 Å². The molecule has 6 N–H and O–H groups in total. The number of aromatic amines is 1. The maximum atomic E-state index is 12.4. The highest BCUT2D eigenvalue weighted by atomic mass is 16.5. The van der Waals surface area contributed by atoms with Gasteiger partial charge in [-0.25, -0.2) is 4.79 Å². The van der Waals surface area contributed by atoms with E-state index in [1.54, 1.807) is 24.3 Å². The van der Waals surface area contributed by atoms with Gasteiger partial charge in [-0.2, -0.15) is 5.10 Å². The van der Waals surface area contributed by atoms with E-state index in [0.29, 0.717) is 35.1 Å². The summed E-state index contributed by atoms with van der Waals surface area (Å²) in [7, 11) is 3.07. The van der Waals surface area contributed by atoms with Gasteiger partial charge in [0.15, 0.2) is 0 Å². The molecule has 3 amide bonds. The number of anilines is 3. The summed E-state index contributed by atoms with van der Waals surface area (Å²) in [6.07, 6.45) is 1.48. The second kappa shape index (κ2) is 9.32. The standard InChI is InChI=1S/C20H22N6O4/c1-29-15-7-14(8-16(9-15)30-2)25-20(28)24-13-5-3-4-12(6-13)10-22-17-11-23-26-18(17)19(21)27/h3-9,11,22H,10H2,1-2H3,(H2,21,27)(H,23,26)(H2,24,25,28). The van der Waals surface area contributed by atoms with Crippen LogP contribution in [0, 0.1) is 0 Å². The molecule has 0 bridgehead atoms. The van der Waals surface area contributed by atoms with Crippen LogP contribution in [0.2, 0.25) is 0 Å². The minimum absolute atomic E-state index is 0.206. The van der Waals surface area contributed by atoms with Crippen LogP contribution in [-0.2, 0) is 6.54 Å². The number of methoxy groups -OCH3 is 2. The minimum Gasteiger partial charge on any atom is -0.497 e. The molecule has 0 spiro atoms. The number of carbonyl (C=O) groups is 2. The van der Waals surface area contributed by atoms with Gasteiger partial charge < -0.3 is 31.2 Å². The molecular formula is C20H22N6O4. The van der Waals surface area contributed by atoms with Crippen molar-refractivity contribution in [3.63, 3.8) is 0 Å². The molecule has 3 aromatic rings. The lowest BCUT2D eigenvalue weighted by molar-refractivity contribution is 0.0996. The topological polar surface area (TPSA) is 143 Å². The molecule has 0 unspecified atom stereocenters. The van der Waals surface area contributed by atoms with Crippen LogP contribution in [0.1, 0.15) is 16.1 Å². The number of ether oxygens (including phenoxy) is 2. The number of amides is 3. The van der Waals surface area contributed by atoms with Crippen molar-refractivity contribution >= 4 is 29.0 Å². The monoisotopic (exact) mass is 410 g/mol. The van der Waals surface area contributed by atoms with E-state index < -0.39 is 11.9 Å². The first-order chi connectivity index (χ1) is 14.5. The Bertz CT molecular complexity index is 1030. The molecule has 156 valence electrons. The second-order valence-corrected chi connectivity index (χ2v) is 6.26. The zero-order valence-electron chi connectivity index (χ0n) is 16.5. The van der Waals surface area contributed by atoms with Crippen molar-refractivity contribution in [1.29, 1.82) is 0 Å². The third-order valence-electron chi connectivity index (χ3n) is 4.16. The molecule has 2 aromatic carbocycles. The highest BCUT2D eigenvalue weighted by Gasteiger charge is 2.10. The Labute approximate surface area is 172 Å². The highest BCUT2D eigenvalue weighted by molar-refractivity contribution is 6.00. The van der Waals surface area contributed by atoms with Crippen molar-refractivity contribution in [2.75, 3.05) is 30.2 Å². The summed E-state index contributed by atoms with van der Waals surface area (Å²) >= 11 is 0. The quantitative estimate of drug-likeness (QED) is 0.386. The molecular weight excluding hydrogens is 388 g/mol. The van der Waals surface area contributed by atoms with Crippen LogP contribution >= 0.6 is 0 Å². The van der Waals surface area contributed by atoms with E-state index in [0.717, 1.165) is 5.56 Å². The van der Waals surface area contributed by atoms with Crippen molar-refractivity contribution in [3.05, 3.63) is 59.9 Å². The number of nitrogens with zero attached hydrogens (tertiary/aromatic N) is 1. The first kappa shape index (κ1) is 20.5. The predicted molar refractivity (Wildman–Crippen MR) is 113 cm³/mol. The van der Waals surface area contributed by atoms with Gasteiger partial charge in [0.25, 0.3) is 5.91 Å². The highest BCUT2D eigenvalue weighted by Crippen LogP contribution is 2.26. The van der Waals surface area contributed by atoms with Gasteiger partial charge in [0.05, 0.1) is 26.1 Å². The molecule has 10 nitrogen and oxygen atoms in total. The number of hydrogen-bond acceptors (Lipinski definition) is 6. The molecule has 0 aliphatic heterocycles. The van der Waals surface area contributed by atoms with Gasteiger partial charge in [0.1, 0.15) is 17.2 Å². The van der Waals surface area contributed by atoms with E-state index in [9.17, 15) is 9.59 Å². The number of primary amides is 1. The van der Waals surface area contributed by atoms with Crippen LogP contribution in [0.25, 0.3) is 0 Å². The molecule has 30 heavy (non-hydrogen) atoms. The Morgan fingerprint density at radius 2 is 1.73 bits per heavy atom. The van der Waals surface area contributed by atoms with Crippen molar-refractivity contribution in [1.82, 2.24) is 10.2 Å². The summed E-state index contributed by atoms with van der Waals surface area (Å²) in [6.45, 7) is 0.407. The number of hydrogen-bond donors (Lipinski definition) is 5. The number of nitrogens with two attached hydrogens (primary N) is 1.